The molecule has 0 fully saturated rings. The number of aromatic nitrogens is 1. The number of pyridine rings is 1. The van der Waals surface area contributed by atoms with Gasteiger partial charge in [-0.25, -0.2) is 4.98 Å². The Morgan fingerprint density at radius 3 is 2.45 bits per heavy atom. The van der Waals surface area contributed by atoms with Gasteiger partial charge in [-0.3, -0.25) is 4.79 Å². The minimum Gasteiger partial charge on any atom is -0.491 e. The van der Waals surface area contributed by atoms with Crippen LogP contribution in [0.25, 0.3) is 0 Å². The highest BCUT2D eigenvalue weighted by Crippen LogP contribution is 2.17. The van der Waals surface area contributed by atoms with Gasteiger partial charge >= 0.3 is 0 Å². The Morgan fingerprint density at radius 1 is 1.20 bits per heavy atom. The number of nitrogens with one attached hydrogen (secondary N) is 1. The molecule has 0 aliphatic carbocycles. The molecule has 104 valence electrons. The third-order valence-electron chi connectivity index (χ3n) is 2.47. The molecule has 0 saturated carbocycles. The van der Waals surface area contributed by atoms with Crippen molar-refractivity contribution in [2.75, 3.05) is 5.32 Å². The Balaban J connectivity index is 2.02. The Hall–Kier alpha value is -2.07. The van der Waals surface area contributed by atoms with Gasteiger partial charge in [0, 0.05) is 11.9 Å². The van der Waals surface area contributed by atoms with Crippen LogP contribution in [0.4, 0.5) is 5.69 Å². The summed E-state index contributed by atoms with van der Waals surface area (Å²) < 4.78 is 5.53. The quantitative estimate of drug-likeness (QED) is 0.872. The zero-order valence-corrected chi connectivity index (χ0v) is 12.0. The van der Waals surface area contributed by atoms with E-state index in [1.54, 1.807) is 24.3 Å². The fraction of sp³-hybridized carbons (Fsp3) is 0.200. The predicted octanol–water partition coefficient (Wildman–Crippen LogP) is 3.77. The molecule has 0 spiro atoms. The lowest BCUT2D eigenvalue weighted by Gasteiger charge is -2.10. The van der Waals surface area contributed by atoms with E-state index in [-0.39, 0.29) is 12.0 Å². The van der Waals surface area contributed by atoms with Gasteiger partial charge in [-0.15, -0.1) is 0 Å². The molecule has 0 radical (unpaired) electrons. The summed E-state index contributed by atoms with van der Waals surface area (Å²) in [4.78, 5) is 15.8. The molecule has 0 bridgehead atoms. The monoisotopic (exact) mass is 290 g/mol. The van der Waals surface area contributed by atoms with E-state index < -0.39 is 0 Å². The third-order valence-corrected chi connectivity index (χ3v) is 2.70. The number of hydrogen-bond acceptors (Lipinski definition) is 3. The molecule has 0 saturated heterocycles. The fourth-order valence-corrected chi connectivity index (χ4v) is 1.71. The van der Waals surface area contributed by atoms with Gasteiger partial charge in [0.1, 0.15) is 10.9 Å². The number of benzene rings is 1. The van der Waals surface area contributed by atoms with Crippen LogP contribution in [0, 0.1) is 0 Å². The summed E-state index contributed by atoms with van der Waals surface area (Å²) >= 11 is 5.68. The lowest BCUT2D eigenvalue weighted by molar-refractivity contribution is 0.102. The van der Waals surface area contributed by atoms with Gasteiger partial charge in [0.15, 0.2) is 0 Å². The molecule has 4 nitrogen and oxygen atoms in total. The van der Waals surface area contributed by atoms with Crippen molar-refractivity contribution >= 4 is 23.2 Å². The standard InChI is InChI=1S/C15H15ClN2O2/c1-10(2)20-13-6-4-12(5-7-13)18-15(19)11-3-8-14(16)17-9-11/h3-10H,1-2H3,(H,18,19). The Kier molecular flexibility index (Phi) is 4.58. The Morgan fingerprint density at radius 2 is 1.90 bits per heavy atom. The third kappa shape index (κ3) is 3.96. The van der Waals surface area contributed by atoms with Crippen molar-refractivity contribution in [3.05, 3.63) is 53.3 Å². The number of hydrogen-bond donors (Lipinski definition) is 1. The topological polar surface area (TPSA) is 51.2 Å². The van der Waals surface area contributed by atoms with E-state index in [2.05, 4.69) is 10.3 Å². The number of carbonyl (C=O) groups is 1. The van der Waals surface area contributed by atoms with Crippen molar-refractivity contribution in [1.29, 1.82) is 0 Å². The fourth-order valence-electron chi connectivity index (χ4n) is 1.60. The summed E-state index contributed by atoms with van der Waals surface area (Å²) in [7, 11) is 0. The maximum Gasteiger partial charge on any atom is 0.257 e. The summed E-state index contributed by atoms with van der Waals surface area (Å²) in [5, 5.41) is 3.14. The van der Waals surface area contributed by atoms with Gasteiger partial charge in [-0.05, 0) is 50.2 Å². The molecule has 2 rings (SSSR count). The van der Waals surface area contributed by atoms with E-state index in [4.69, 9.17) is 16.3 Å². The van der Waals surface area contributed by atoms with E-state index in [1.807, 2.05) is 26.0 Å². The van der Waals surface area contributed by atoms with Crippen LogP contribution in [0.2, 0.25) is 5.15 Å². The molecule has 1 amide bonds. The zero-order valence-electron chi connectivity index (χ0n) is 11.3. The molecular weight excluding hydrogens is 276 g/mol. The average molecular weight is 291 g/mol. The number of nitrogens with zero attached hydrogens (tertiary/aromatic N) is 1. The molecular formula is C15H15ClN2O2. The minimum atomic E-state index is -0.230. The number of anilines is 1. The van der Waals surface area contributed by atoms with E-state index in [0.717, 1.165) is 5.75 Å². The normalized spacial score (nSPS) is 10.4. The van der Waals surface area contributed by atoms with Gasteiger partial charge in [0.2, 0.25) is 0 Å². The van der Waals surface area contributed by atoms with Crippen LogP contribution in [-0.4, -0.2) is 17.0 Å². The van der Waals surface area contributed by atoms with Gasteiger partial charge in [0.05, 0.1) is 11.7 Å². The highest BCUT2D eigenvalue weighted by Gasteiger charge is 2.06. The molecule has 0 aliphatic heterocycles. The highest BCUT2D eigenvalue weighted by atomic mass is 35.5. The van der Waals surface area contributed by atoms with E-state index in [0.29, 0.717) is 16.4 Å². The van der Waals surface area contributed by atoms with Crippen LogP contribution < -0.4 is 10.1 Å². The van der Waals surface area contributed by atoms with E-state index in [1.165, 1.54) is 6.20 Å². The molecule has 1 N–H and O–H groups in total. The van der Waals surface area contributed by atoms with Crippen LogP contribution in [0.15, 0.2) is 42.6 Å². The van der Waals surface area contributed by atoms with Crippen LogP contribution in [0.5, 0.6) is 5.75 Å². The SMILES string of the molecule is CC(C)Oc1ccc(NC(=O)c2ccc(Cl)nc2)cc1. The molecule has 1 heterocycles. The highest BCUT2D eigenvalue weighted by molar-refractivity contribution is 6.29. The molecule has 1 aromatic carbocycles. The smallest absolute Gasteiger partial charge is 0.257 e. The number of halogens is 1. The van der Waals surface area contributed by atoms with E-state index in [9.17, 15) is 4.79 Å². The molecule has 1 aromatic heterocycles. The number of amides is 1. The number of carbonyl (C=O) groups excluding carboxylic acids is 1. The van der Waals surface area contributed by atoms with Gasteiger partial charge in [-0.2, -0.15) is 0 Å². The molecule has 20 heavy (non-hydrogen) atoms. The summed E-state index contributed by atoms with van der Waals surface area (Å²) in [5.74, 6) is 0.540. The molecule has 0 atom stereocenters. The van der Waals surface area contributed by atoms with Crippen LogP contribution in [0.1, 0.15) is 24.2 Å². The Bertz CT molecular complexity index is 580. The van der Waals surface area contributed by atoms with Crippen molar-refractivity contribution in [3.63, 3.8) is 0 Å². The summed E-state index contributed by atoms with van der Waals surface area (Å²) in [5.41, 5.74) is 1.15. The van der Waals surface area contributed by atoms with Crippen LogP contribution in [-0.2, 0) is 0 Å². The summed E-state index contributed by atoms with van der Waals surface area (Å²) in [6, 6.07) is 10.4. The molecule has 0 aliphatic rings. The number of ether oxygens (including phenoxy) is 1. The van der Waals surface area contributed by atoms with E-state index >= 15 is 0 Å². The average Bonchev–Trinajstić information content (AvgIpc) is 2.41. The maximum atomic E-state index is 12.0. The van der Waals surface area contributed by atoms with Crippen molar-refractivity contribution in [2.24, 2.45) is 0 Å². The van der Waals surface area contributed by atoms with Crippen LogP contribution >= 0.6 is 11.6 Å². The van der Waals surface area contributed by atoms with Gasteiger partial charge in [-0.1, -0.05) is 11.6 Å². The van der Waals surface area contributed by atoms with Crippen molar-refractivity contribution < 1.29 is 9.53 Å². The predicted molar refractivity (Wildman–Crippen MR) is 79.4 cm³/mol. The van der Waals surface area contributed by atoms with Crippen molar-refractivity contribution in [1.82, 2.24) is 4.98 Å². The lowest BCUT2D eigenvalue weighted by atomic mass is 10.2. The molecule has 2 aromatic rings. The zero-order chi connectivity index (χ0) is 14.5. The number of rotatable bonds is 4. The first-order chi connectivity index (χ1) is 9.54. The maximum absolute atomic E-state index is 12.0. The molecule has 0 unspecified atom stereocenters. The summed E-state index contributed by atoms with van der Waals surface area (Å²) in [6.45, 7) is 3.92. The van der Waals surface area contributed by atoms with Gasteiger partial charge in [0.25, 0.3) is 5.91 Å². The first-order valence-corrected chi connectivity index (χ1v) is 6.62. The van der Waals surface area contributed by atoms with Gasteiger partial charge < -0.3 is 10.1 Å². The Labute approximate surface area is 122 Å². The molecule has 5 heteroatoms. The van der Waals surface area contributed by atoms with Crippen LogP contribution in [0.3, 0.4) is 0 Å². The minimum absolute atomic E-state index is 0.121. The lowest BCUT2D eigenvalue weighted by Crippen LogP contribution is -2.12. The second kappa shape index (κ2) is 6.39. The first kappa shape index (κ1) is 14.3. The first-order valence-electron chi connectivity index (χ1n) is 6.24. The second-order valence-electron chi connectivity index (χ2n) is 4.51. The van der Waals surface area contributed by atoms with Crippen molar-refractivity contribution in [3.8, 4) is 5.75 Å². The second-order valence-corrected chi connectivity index (χ2v) is 4.90. The largest absolute Gasteiger partial charge is 0.491 e. The van der Waals surface area contributed by atoms with Crippen molar-refractivity contribution in [2.45, 2.75) is 20.0 Å². The summed E-state index contributed by atoms with van der Waals surface area (Å²) in [6.07, 6.45) is 1.56.